The Bertz CT molecular complexity index is 1450. The summed E-state index contributed by atoms with van der Waals surface area (Å²) < 4.78 is 23.2. The predicted octanol–water partition coefficient (Wildman–Crippen LogP) is 1.88. The lowest BCUT2D eigenvalue weighted by atomic mass is 9.33. The molecule has 0 spiro atoms. The van der Waals surface area contributed by atoms with Crippen LogP contribution in [0.2, 0.25) is 0 Å². The molecule has 0 radical (unpaired) electrons. The molecule has 13 heteroatoms. The zero-order valence-electron chi connectivity index (χ0n) is 32.4. The van der Waals surface area contributed by atoms with Gasteiger partial charge in [-0.2, -0.15) is 0 Å². The van der Waals surface area contributed by atoms with Crippen molar-refractivity contribution in [1.82, 2.24) is 0 Å². The van der Waals surface area contributed by atoms with Crippen LogP contribution in [0.25, 0.3) is 0 Å². The second kappa shape index (κ2) is 13.2. The minimum atomic E-state index is -1.85. The molecule has 7 aliphatic rings. The Morgan fingerprint density at radius 3 is 2.15 bits per heavy atom. The van der Waals surface area contributed by atoms with Gasteiger partial charge in [-0.3, -0.25) is 4.79 Å². The Kier molecular flexibility index (Phi) is 9.93. The van der Waals surface area contributed by atoms with Crippen LogP contribution >= 0.6 is 0 Å². The van der Waals surface area contributed by atoms with Gasteiger partial charge >= 0.3 is 5.97 Å². The van der Waals surface area contributed by atoms with E-state index in [1.54, 1.807) is 0 Å². The predicted molar refractivity (Wildman–Crippen MR) is 188 cm³/mol. The molecule has 53 heavy (non-hydrogen) atoms. The van der Waals surface area contributed by atoms with Crippen LogP contribution in [0.3, 0.4) is 0 Å². The molecule has 0 unspecified atom stereocenters. The maximum absolute atomic E-state index is 14.5. The Balaban J connectivity index is 1.19. The first kappa shape index (κ1) is 40.0. The molecule has 2 heterocycles. The van der Waals surface area contributed by atoms with E-state index in [2.05, 4.69) is 40.7 Å². The number of hydrogen-bond acceptors (Lipinski definition) is 13. The van der Waals surface area contributed by atoms with Crippen molar-refractivity contribution in [2.45, 2.75) is 173 Å². The van der Waals surface area contributed by atoms with Crippen LogP contribution in [0.4, 0.5) is 0 Å². The third kappa shape index (κ3) is 5.61. The van der Waals surface area contributed by atoms with Crippen LogP contribution in [0.5, 0.6) is 0 Å². The van der Waals surface area contributed by atoms with Gasteiger partial charge in [-0.25, -0.2) is 0 Å². The van der Waals surface area contributed by atoms with E-state index in [-0.39, 0.29) is 46.2 Å². The van der Waals surface area contributed by atoms with E-state index in [9.17, 15) is 45.6 Å². The summed E-state index contributed by atoms with van der Waals surface area (Å²) in [7, 11) is 0. The molecule has 6 fully saturated rings. The van der Waals surface area contributed by atoms with Crippen molar-refractivity contribution < 1.29 is 64.6 Å². The molecular formula is C40H64O13. The molecule has 4 saturated carbocycles. The number of carbonyl (C=O) groups excluding carboxylic acids is 1. The summed E-state index contributed by atoms with van der Waals surface area (Å²) in [6, 6.07) is 0. The summed E-state index contributed by atoms with van der Waals surface area (Å²) >= 11 is 0. The number of allylic oxidation sites excluding steroid dienone is 1. The first-order chi connectivity index (χ1) is 24.6. The van der Waals surface area contributed by atoms with Crippen LogP contribution in [-0.4, -0.2) is 121 Å². The van der Waals surface area contributed by atoms with Gasteiger partial charge in [0.1, 0.15) is 36.6 Å². The molecule has 13 nitrogen and oxygen atoms in total. The summed E-state index contributed by atoms with van der Waals surface area (Å²) in [4.78, 5) is 14.5. The second-order valence-corrected chi connectivity index (χ2v) is 19.6. The average Bonchev–Trinajstić information content (AvgIpc) is 3.09. The fourth-order valence-electron chi connectivity index (χ4n) is 13.3. The third-order valence-corrected chi connectivity index (χ3v) is 16.9. The van der Waals surface area contributed by atoms with Crippen molar-refractivity contribution >= 4 is 5.97 Å². The van der Waals surface area contributed by atoms with Gasteiger partial charge in [0.15, 0.2) is 12.6 Å². The van der Waals surface area contributed by atoms with Crippen molar-refractivity contribution in [3.63, 3.8) is 0 Å². The Morgan fingerprint density at radius 1 is 0.774 bits per heavy atom. The van der Waals surface area contributed by atoms with E-state index in [4.69, 9.17) is 18.9 Å². The highest BCUT2D eigenvalue weighted by molar-refractivity contribution is 5.79. The molecule has 0 aromatic heterocycles. The number of esters is 1. The zero-order chi connectivity index (χ0) is 38.8. The standard InChI is InChI=1S/C40H64O13/c1-19-10-15-40(34(48)53-33-29(46)26(43)27(44)31(47)52-33)17-16-37(5)20(30(40)39(19,7)49)8-9-23-36(4)13-12-24(35(2,3)22(36)11-14-38(23,37)6)51-32-28(45)25(42)21(41)18-50-32/h8,19,21-33,41-47,49H,9-18H2,1-7H3/t19-,21+,22+,23-,24+,25-,26+,27+,28-,29-,30-,31+,32+,33+,36+,37-,38-,39-,40+/m1/s1. The van der Waals surface area contributed by atoms with Crippen LogP contribution in [0, 0.1) is 50.7 Å². The van der Waals surface area contributed by atoms with Gasteiger partial charge in [-0.05, 0) is 104 Å². The lowest BCUT2D eigenvalue weighted by Crippen LogP contribution is -2.68. The van der Waals surface area contributed by atoms with Crippen LogP contribution in [0.1, 0.15) is 106 Å². The Morgan fingerprint density at radius 2 is 1.45 bits per heavy atom. The highest BCUT2D eigenvalue weighted by atomic mass is 16.8. The highest BCUT2D eigenvalue weighted by Gasteiger charge is 2.72. The van der Waals surface area contributed by atoms with Gasteiger partial charge in [0.25, 0.3) is 0 Å². The molecule has 0 aromatic rings. The van der Waals surface area contributed by atoms with Gasteiger partial charge in [0.2, 0.25) is 6.29 Å². The summed E-state index contributed by atoms with van der Waals surface area (Å²) in [5.41, 5.74) is -2.20. The molecule has 8 N–H and O–H groups in total. The number of carbonyl (C=O) groups is 1. The first-order valence-corrected chi connectivity index (χ1v) is 19.9. The number of ether oxygens (including phenoxy) is 4. The zero-order valence-corrected chi connectivity index (χ0v) is 32.4. The normalized spacial score (nSPS) is 56.5. The van der Waals surface area contributed by atoms with E-state index in [1.807, 2.05) is 13.8 Å². The smallest absolute Gasteiger partial charge is 0.315 e. The average molecular weight is 753 g/mol. The number of rotatable bonds is 4. The minimum Gasteiger partial charge on any atom is -0.432 e. The Labute approximate surface area is 312 Å². The molecule has 19 atom stereocenters. The van der Waals surface area contributed by atoms with Gasteiger partial charge in [0, 0.05) is 5.92 Å². The van der Waals surface area contributed by atoms with E-state index >= 15 is 0 Å². The SMILES string of the molecule is C[C@@H]1CC[C@]2(C(=O)O[C@@H]3O[C@H](O)[C@@H](O)[C@H](O)[C@H]3O)CC[C@]3(C)C(=CC[C@@H]4[C@@]5(C)CC[C@H](O[C@@H]6OC[C@H](O)[C@@H](O)[C@H]6O)C(C)(C)[C@@H]5CC[C@]43C)[C@@H]2[C@]1(C)O. The van der Waals surface area contributed by atoms with Crippen molar-refractivity contribution in [2.24, 2.45) is 50.7 Å². The fraction of sp³-hybridized carbons (Fsp3) is 0.925. The molecule has 2 aliphatic heterocycles. The summed E-state index contributed by atoms with van der Waals surface area (Å²) in [5.74, 6) is -0.761. The third-order valence-electron chi connectivity index (χ3n) is 16.9. The highest BCUT2D eigenvalue weighted by Crippen LogP contribution is 2.76. The maximum atomic E-state index is 14.5. The molecule has 0 amide bonds. The van der Waals surface area contributed by atoms with Crippen molar-refractivity contribution in [1.29, 1.82) is 0 Å². The summed E-state index contributed by atoms with van der Waals surface area (Å²) in [5, 5.41) is 84.6. The van der Waals surface area contributed by atoms with Gasteiger partial charge in [0.05, 0.1) is 23.7 Å². The molecule has 7 rings (SSSR count). The van der Waals surface area contributed by atoms with Crippen molar-refractivity contribution in [3.05, 3.63) is 11.6 Å². The Hall–Kier alpha value is -1.23. The first-order valence-electron chi connectivity index (χ1n) is 19.9. The molecule has 302 valence electrons. The summed E-state index contributed by atoms with van der Waals surface area (Å²) in [6.45, 7) is 15.4. The monoisotopic (exact) mass is 752 g/mol. The van der Waals surface area contributed by atoms with Crippen molar-refractivity contribution in [3.8, 4) is 0 Å². The van der Waals surface area contributed by atoms with E-state index in [0.717, 1.165) is 37.7 Å². The largest absolute Gasteiger partial charge is 0.432 e. The van der Waals surface area contributed by atoms with Crippen LogP contribution in [-0.2, 0) is 23.7 Å². The number of aliphatic hydroxyl groups is 8. The molecule has 0 aromatic carbocycles. The molecule has 2 saturated heterocycles. The van der Waals surface area contributed by atoms with Gasteiger partial charge in [-0.15, -0.1) is 0 Å². The molecule has 0 bridgehead atoms. The lowest BCUT2D eigenvalue weighted by molar-refractivity contribution is -0.335. The van der Waals surface area contributed by atoms with E-state index < -0.39 is 78.4 Å². The maximum Gasteiger partial charge on any atom is 0.315 e. The van der Waals surface area contributed by atoms with Gasteiger partial charge < -0.3 is 59.8 Å². The van der Waals surface area contributed by atoms with Crippen LogP contribution < -0.4 is 0 Å². The fourth-order valence-corrected chi connectivity index (χ4v) is 13.3. The summed E-state index contributed by atoms with van der Waals surface area (Å²) in [6.07, 6.45) is -5.18. The number of aliphatic hydroxyl groups excluding tert-OH is 7. The number of hydrogen-bond donors (Lipinski definition) is 8. The lowest BCUT2D eigenvalue weighted by Gasteiger charge is -2.72. The minimum absolute atomic E-state index is 0.0698. The second-order valence-electron chi connectivity index (χ2n) is 19.6. The van der Waals surface area contributed by atoms with E-state index in [0.29, 0.717) is 31.6 Å². The van der Waals surface area contributed by atoms with Crippen LogP contribution in [0.15, 0.2) is 11.6 Å². The molecular weight excluding hydrogens is 688 g/mol. The quantitative estimate of drug-likeness (QED) is 0.117. The van der Waals surface area contributed by atoms with Crippen molar-refractivity contribution in [2.75, 3.05) is 6.61 Å². The van der Waals surface area contributed by atoms with E-state index in [1.165, 1.54) is 0 Å². The molecule has 5 aliphatic carbocycles. The topological polar surface area (TPSA) is 216 Å². The van der Waals surface area contributed by atoms with Gasteiger partial charge in [-0.1, -0.05) is 53.2 Å². The number of fused-ring (bicyclic) bond motifs is 7.